The Hall–Kier alpha value is 0.720. The van der Waals surface area contributed by atoms with Gasteiger partial charge in [0.1, 0.15) is 0 Å². The van der Waals surface area contributed by atoms with Crippen LogP contribution in [0.15, 0.2) is 0 Å². The molecule has 0 aromatic heterocycles. The van der Waals surface area contributed by atoms with Gasteiger partial charge in [-0.2, -0.15) is 0 Å². The second kappa shape index (κ2) is 12.7. The van der Waals surface area contributed by atoms with E-state index in [1.807, 2.05) is 0 Å². The molecule has 0 nitrogen and oxygen atoms in total. The first kappa shape index (κ1) is 21.0. The highest BCUT2D eigenvalue weighted by Crippen LogP contribution is 2.39. The highest BCUT2D eigenvalue weighted by Gasteiger charge is 2.28. The zero-order chi connectivity index (χ0) is 13.1. The third-order valence-electron chi connectivity index (χ3n) is 4.53. The molecule has 2 unspecified atom stereocenters. The van der Waals surface area contributed by atoms with Gasteiger partial charge >= 0.3 is 0 Å². The van der Waals surface area contributed by atoms with Gasteiger partial charge in [0.25, 0.3) is 0 Å². The third kappa shape index (κ3) is 8.00. The maximum Gasteiger partial charge on any atom is -0.0127 e. The molecule has 0 amide bonds. The molecular formula is C16H36ClP. The van der Waals surface area contributed by atoms with Crippen LogP contribution in [0.2, 0.25) is 0 Å². The van der Waals surface area contributed by atoms with Crippen LogP contribution in [0.4, 0.5) is 0 Å². The molecule has 0 aliphatic rings. The fourth-order valence-electron chi connectivity index (χ4n) is 2.90. The molecule has 0 bridgehead atoms. The summed E-state index contributed by atoms with van der Waals surface area (Å²) in [5, 5.41) is 0.512. The number of hydrogen-bond donors (Lipinski definition) is 0. The molecule has 0 aromatic carbocycles. The van der Waals surface area contributed by atoms with Gasteiger partial charge in [0, 0.05) is 0 Å². The largest absolute Gasteiger partial charge is 0.147 e. The summed E-state index contributed by atoms with van der Waals surface area (Å²) in [7, 11) is 3.17. The molecule has 0 saturated heterocycles. The Kier molecular flexibility index (Phi) is 14.9. The summed E-state index contributed by atoms with van der Waals surface area (Å²) in [6.45, 7) is 9.35. The maximum atomic E-state index is 3.17. The topological polar surface area (TPSA) is 0 Å². The summed E-state index contributed by atoms with van der Waals surface area (Å²) in [6, 6.07) is 0. The molecule has 0 aliphatic carbocycles. The number of halogens is 1. The van der Waals surface area contributed by atoms with Gasteiger partial charge in [0.15, 0.2) is 0 Å². The number of rotatable bonds is 11. The van der Waals surface area contributed by atoms with Crippen LogP contribution in [0.3, 0.4) is 0 Å². The average Bonchev–Trinajstić information content (AvgIpc) is 2.37. The summed E-state index contributed by atoms with van der Waals surface area (Å²) in [5.41, 5.74) is 0. The van der Waals surface area contributed by atoms with Crippen molar-refractivity contribution in [2.24, 2.45) is 5.92 Å². The molecule has 0 aromatic rings. The predicted octanol–water partition coefficient (Wildman–Crippen LogP) is 6.62. The van der Waals surface area contributed by atoms with Crippen LogP contribution in [0, 0.1) is 5.92 Å². The molecule has 2 atom stereocenters. The van der Waals surface area contributed by atoms with Gasteiger partial charge in [-0.1, -0.05) is 72.6 Å². The van der Waals surface area contributed by atoms with Crippen molar-refractivity contribution >= 4 is 21.6 Å². The van der Waals surface area contributed by atoms with E-state index < -0.39 is 0 Å². The third-order valence-corrected chi connectivity index (χ3v) is 5.82. The van der Waals surface area contributed by atoms with E-state index in [9.17, 15) is 0 Å². The van der Waals surface area contributed by atoms with Crippen molar-refractivity contribution in [2.75, 3.05) is 0 Å². The lowest BCUT2D eigenvalue weighted by Crippen LogP contribution is -2.29. The minimum Gasteiger partial charge on any atom is -0.147 e. The van der Waals surface area contributed by atoms with E-state index in [1.165, 1.54) is 64.2 Å². The summed E-state index contributed by atoms with van der Waals surface area (Å²) < 4.78 is 0. The smallest absolute Gasteiger partial charge is 0.0127 e. The minimum atomic E-state index is 0. The summed E-state index contributed by atoms with van der Waals surface area (Å²) in [4.78, 5) is 0. The zero-order valence-corrected chi connectivity index (χ0v) is 15.1. The van der Waals surface area contributed by atoms with Crippen molar-refractivity contribution in [3.8, 4) is 0 Å². The average molecular weight is 295 g/mol. The number of unbranched alkanes of at least 4 members (excludes halogenated alkanes) is 5. The fraction of sp³-hybridized carbons (Fsp3) is 1.00. The van der Waals surface area contributed by atoms with Crippen molar-refractivity contribution in [2.45, 2.75) is 97.1 Å². The van der Waals surface area contributed by atoms with Gasteiger partial charge < -0.3 is 0 Å². The van der Waals surface area contributed by atoms with Crippen molar-refractivity contribution in [1.82, 2.24) is 0 Å². The first-order chi connectivity index (χ1) is 8.14. The molecule has 0 aliphatic heterocycles. The van der Waals surface area contributed by atoms with Crippen LogP contribution in [-0.2, 0) is 0 Å². The van der Waals surface area contributed by atoms with Gasteiger partial charge in [-0.05, 0) is 30.3 Å². The van der Waals surface area contributed by atoms with Crippen molar-refractivity contribution in [3.05, 3.63) is 0 Å². The molecule has 112 valence electrons. The molecule has 0 fully saturated rings. The Morgan fingerprint density at radius 1 is 0.833 bits per heavy atom. The molecule has 0 rings (SSSR count). The second-order valence-electron chi connectivity index (χ2n) is 5.60. The van der Waals surface area contributed by atoms with Crippen molar-refractivity contribution in [1.29, 1.82) is 0 Å². The van der Waals surface area contributed by atoms with Gasteiger partial charge in [-0.15, -0.1) is 21.6 Å². The lowest BCUT2D eigenvalue weighted by Gasteiger charge is -2.36. The van der Waals surface area contributed by atoms with Gasteiger partial charge in [0.05, 0.1) is 0 Å². The normalized spacial score (nSPS) is 13.2. The Morgan fingerprint density at radius 2 is 1.33 bits per heavy atom. The Balaban J connectivity index is 0. The first-order valence-electron chi connectivity index (χ1n) is 7.93. The monoisotopic (exact) mass is 294 g/mol. The molecule has 0 saturated carbocycles. The standard InChI is InChI=1S/C16H35P.ClH/c1-5-9-10-11-12-13-14-15(6-2)16(17,7-3)8-4;/h15H,5-14,17H2,1-4H3;1H. The van der Waals surface area contributed by atoms with E-state index in [4.69, 9.17) is 0 Å². The van der Waals surface area contributed by atoms with Crippen LogP contribution in [0.5, 0.6) is 0 Å². The van der Waals surface area contributed by atoms with Crippen molar-refractivity contribution in [3.63, 3.8) is 0 Å². The van der Waals surface area contributed by atoms with E-state index >= 15 is 0 Å². The van der Waals surface area contributed by atoms with Crippen LogP contribution in [0.25, 0.3) is 0 Å². The Bertz CT molecular complexity index is 166. The van der Waals surface area contributed by atoms with Crippen LogP contribution in [0.1, 0.15) is 91.9 Å². The summed E-state index contributed by atoms with van der Waals surface area (Å²) in [5.74, 6) is 0.911. The SMILES string of the molecule is CCCCCCCCC(CC)C(P)(CC)CC.Cl. The van der Waals surface area contributed by atoms with Crippen LogP contribution < -0.4 is 0 Å². The summed E-state index contributed by atoms with van der Waals surface area (Å²) in [6.07, 6.45) is 14.0. The van der Waals surface area contributed by atoms with Gasteiger partial charge in [-0.25, -0.2) is 0 Å². The highest BCUT2D eigenvalue weighted by atomic mass is 35.5. The van der Waals surface area contributed by atoms with Gasteiger partial charge in [0.2, 0.25) is 0 Å². The Labute approximate surface area is 125 Å². The van der Waals surface area contributed by atoms with E-state index in [0.717, 1.165) is 5.92 Å². The number of hydrogen-bond acceptors (Lipinski definition) is 0. The first-order valence-corrected chi connectivity index (χ1v) is 8.51. The minimum absolute atomic E-state index is 0. The molecule has 0 radical (unpaired) electrons. The molecule has 2 heteroatoms. The van der Waals surface area contributed by atoms with Crippen LogP contribution in [-0.4, -0.2) is 5.16 Å². The molecule has 0 N–H and O–H groups in total. The second-order valence-corrected chi connectivity index (χ2v) is 6.75. The van der Waals surface area contributed by atoms with E-state index in [-0.39, 0.29) is 12.4 Å². The van der Waals surface area contributed by atoms with E-state index in [2.05, 4.69) is 36.9 Å². The predicted molar refractivity (Wildman–Crippen MR) is 92.0 cm³/mol. The summed E-state index contributed by atoms with van der Waals surface area (Å²) >= 11 is 0. The zero-order valence-electron chi connectivity index (χ0n) is 13.1. The fourth-order valence-corrected chi connectivity index (χ4v) is 3.30. The van der Waals surface area contributed by atoms with E-state index in [0.29, 0.717) is 5.16 Å². The molecular weight excluding hydrogens is 259 g/mol. The van der Waals surface area contributed by atoms with Crippen LogP contribution >= 0.6 is 21.6 Å². The maximum absolute atomic E-state index is 3.17. The molecule has 0 heterocycles. The van der Waals surface area contributed by atoms with Gasteiger partial charge in [-0.3, -0.25) is 0 Å². The quantitative estimate of drug-likeness (QED) is 0.297. The molecule has 18 heavy (non-hydrogen) atoms. The molecule has 0 spiro atoms. The lowest BCUT2D eigenvalue weighted by molar-refractivity contribution is 0.313. The van der Waals surface area contributed by atoms with Crippen molar-refractivity contribution < 1.29 is 0 Å². The van der Waals surface area contributed by atoms with E-state index in [1.54, 1.807) is 0 Å². The highest BCUT2D eigenvalue weighted by molar-refractivity contribution is 7.19. The lowest BCUT2D eigenvalue weighted by atomic mass is 9.81. The Morgan fingerprint density at radius 3 is 1.78 bits per heavy atom.